The third-order valence-corrected chi connectivity index (χ3v) is 3.80. The third-order valence-electron chi connectivity index (χ3n) is 2.87. The molecule has 0 atom stereocenters. The Hall–Kier alpha value is -2.65. The first-order valence-electron chi connectivity index (χ1n) is 6.24. The maximum absolute atomic E-state index is 11.2. The van der Waals surface area contributed by atoms with Gasteiger partial charge in [-0.05, 0) is 24.3 Å². The third kappa shape index (κ3) is 3.93. The second-order valence-corrected chi connectivity index (χ2v) is 5.81. The number of carbonyl (C=O) groups is 1. The SMILES string of the molecule is NC(=O)C1=CC=C(N/[NH+]=C/c2ccccc2S(=O)(=O)O)NC1. The molecule has 1 aliphatic rings. The summed E-state index contributed by atoms with van der Waals surface area (Å²) >= 11 is 0. The van der Waals surface area contributed by atoms with Gasteiger partial charge in [0.15, 0.2) is 12.0 Å². The van der Waals surface area contributed by atoms with E-state index in [1.165, 1.54) is 24.4 Å². The highest BCUT2D eigenvalue weighted by molar-refractivity contribution is 7.86. The average molecular weight is 323 g/mol. The van der Waals surface area contributed by atoms with Crippen LogP contribution >= 0.6 is 0 Å². The van der Waals surface area contributed by atoms with Crippen molar-refractivity contribution in [2.45, 2.75) is 4.90 Å². The summed E-state index contributed by atoms with van der Waals surface area (Å²) in [5.41, 5.74) is 8.67. The quantitative estimate of drug-likeness (QED) is 0.237. The summed E-state index contributed by atoms with van der Waals surface area (Å²) in [4.78, 5) is 10.8. The van der Waals surface area contributed by atoms with E-state index in [2.05, 4.69) is 15.8 Å². The predicted octanol–water partition coefficient (Wildman–Crippen LogP) is -2.21. The zero-order valence-corrected chi connectivity index (χ0v) is 12.2. The van der Waals surface area contributed by atoms with Crippen molar-refractivity contribution in [3.8, 4) is 0 Å². The number of benzene rings is 1. The van der Waals surface area contributed by atoms with Crippen molar-refractivity contribution < 1.29 is 22.9 Å². The fourth-order valence-corrected chi connectivity index (χ4v) is 2.45. The van der Waals surface area contributed by atoms with Crippen molar-refractivity contribution >= 4 is 22.2 Å². The highest BCUT2D eigenvalue weighted by Crippen LogP contribution is 2.11. The molecule has 0 aliphatic carbocycles. The molecule has 1 amide bonds. The minimum atomic E-state index is -4.30. The molecule has 0 spiro atoms. The first-order chi connectivity index (χ1) is 10.4. The lowest BCUT2D eigenvalue weighted by Crippen LogP contribution is -2.80. The van der Waals surface area contributed by atoms with Crippen molar-refractivity contribution in [1.29, 1.82) is 0 Å². The summed E-state index contributed by atoms with van der Waals surface area (Å²) in [5.74, 6) is 0.0787. The van der Waals surface area contributed by atoms with E-state index in [0.717, 1.165) is 0 Å². The van der Waals surface area contributed by atoms with Crippen LogP contribution in [-0.2, 0) is 14.9 Å². The van der Waals surface area contributed by atoms with Gasteiger partial charge in [0.25, 0.3) is 10.1 Å². The van der Waals surface area contributed by atoms with Gasteiger partial charge in [-0.2, -0.15) is 13.8 Å². The van der Waals surface area contributed by atoms with Gasteiger partial charge in [-0.1, -0.05) is 12.1 Å². The van der Waals surface area contributed by atoms with E-state index < -0.39 is 16.0 Å². The predicted molar refractivity (Wildman–Crippen MR) is 78.9 cm³/mol. The standard InChI is InChI=1S/C13H14N4O4S/c14-13(18)10-5-6-12(15-7-10)17-16-8-9-3-1-2-4-11(9)22(19,20)21/h1-6,8,15,17H,7H2,(H2,14,18)(H,19,20,21)/p+1/b16-8+. The van der Waals surface area contributed by atoms with Gasteiger partial charge >= 0.3 is 0 Å². The average Bonchev–Trinajstić information content (AvgIpc) is 2.47. The number of amides is 1. The second kappa shape index (κ2) is 6.41. The van der Waals surface area contributed by atoms with Gasteiger partial charge in [0.1, 0.15) is 4.90 Å². The van der Waals surface area contributed by atoms with Crippen LogP contribution in [0.4, 0.5) is 0 Å². The van der Waals surface area contributed by atoms with E-state index in [1.807, 2.05) is 0 Å². The Balaban J connectivity index is 2.11. The maximum atomic E-state index is 11.2. The van der Waals surface area contributed by atoms with Gasteiger partial charge in [-0.3, -0.25) is 9.35 Å². The van der Waals surface area contributed by atoms with Gasteiger partial charge in [0.2, 0.25) is 5.91 Å². The van der Waals surface area contributed by atoms with Crippen LogP contribution in [0.5, 0.6) is 0 Å². The molecule has 6 N–H and O–H groups in total. The maximum Gasteiger partial charge on any atom is 0.295 e. The van der Waals surface area contributed by atoms with Crippen molar-refractivity contribution in [2.24, 2.45) is 5.73 Å². The molecular formula is C13H15N4O4S+. The van der Waals surface area contributed by atoms with E-state index in [0.29, 0.717) is 17.0 Å². The number of nitrogens with two attached hydrogens (primary N) is 1. The lowest BCUT2D eigenvalue weighted by molar-refractivity contribution is -0.512. The minimum Gasteiger partial charge on any atom is -0.366 e. The van der Waals surface area contributed by atoms with Crippen LogP contribution in [0.2, 0.25) is 0 Å². The van der Waals surface area contributed by atoms with Gasteiger partial charge < -0.3 is 11.1 Å². The Morgan fingerprint density at radius 2 is 2.09 bits per heavy atom. The van der Waals surface area contributed by atoms with Crippen LogP contribution < -0.4 is 21.6 Å². The molecule has 0 saturated heterocycles. The molecule has 1 heterocycles. The number of dihydropyridines is 1. The highest BCUT2D eigenvalue weighted by atomic mass is 32.2. The Morgan fingerprint density at radius 3 is 2.68 bits per heavy atom. The number of primary amides is 1. The van der Waals surface area contributed by atoms with E-state index in [9.17, 15) is 13.2 Å². The molecule has 22 heavy (non-hydrogen) atoms. The molecule has 0 bridgehead atoms. The Bertz CT molecular complexity index is 781. The minimum absolute atomic E-state index is 0.203. The Kier molecular flexibility index (Phi) is 4.59. The van der Waals surface area contributed by atoms with Crippen LogP contribution in [0, 0.1) is 0 Å². The van der Waals surface area contributed by atoms with Crippen LogP contribution in [-0.4, -0.2) is 31.6 Å². The van der Waals surface area contributed by atoms with Gasteiger partial charge in [-0.15, -0.1) is 5.10 Å². The van der Waals surface area contributed by atoms with Crippen LogP contribution in [0.25, 0.3) is 0 Å². The van der Waals surface area contributed by atoms with Crippen molar-refractivity contribution in [1.82, 2.24) is 10.7 Å². The molecule has 0 unspecified atom stereocenters. The summed E-state index contributed by atoms with van der Waals surface area (Å²) < 4.78 is 31.6. The monoisotopic (exact) mass is 323 g/mol. The molecule has 0 aromatic heterocycles. The molecule has 9 heteroatoms. The highest BCUT2D eigenvalue weighted by Gasteiger charge is 2.15. The summed E-state index contributed by atoms with van der Waals surface area (Å²) in [6, 6.07) is 5.98. The molecule has 8 nitrogen and oxygen atoms in total. The molecule has 0 saturated carbocycles. The van der Waals surface area contributed by atoms with Gasteiger partial charge in [0, 0.05) is 12.1 Å². The van der Waals surface area contributed by atoms with E-state index in [4.69, 9.17) is 10.3 Å². The van der Waals surface area contributed by atoms with Crippen LogP contribution in [0.1, 0.15) is 5.56 Å². The van der Waals surface area contributed by atoms with E-state index in [1.54, 1.807) is 18.2 Å². The smallest absolute Gasteiger partial charge is 0.295 e. The number of rotatable bonds is 5. The first-order valence-corrected chi connectivity index (χ1v) is 7.68. The topological polar surface area (TPSA) is 135 Å². The van der Waals surface area contributed by atoms with E-state index >= 15 is 0 Å². The van der Waals surface area contributed by atoms with Gasteiger partial charge in [0.05, 0.1) is 5.56 Å². The summed E-state index contributed by atoms with van der Waals surface area (Å²) in [6.07, 6.45) is 4.58. The number of carbonyl (C=O) groups excluding carboxylic acids is 1. The largest absolute Gasteiger partial charge is 0.366 e. The lowest BCUT2D eigenvalue weighted by atomic mass is 10.2. The number of hydrazine groups is 1. The molecule has 1 aromatic rings. The molecule has 116 valence electrons. The van der Waals surface area contributed by atoms with Crippen LogP contribution in [0.15, 0.2) is 52.7 Å². The number of nitrogens with one attached hydrogen (secondary N) is 3. The Labute approximate surface area is 127 Å². The second-order valence-electron chi connectivity index (χ2n) is 4.42. The zero-order chi connectivity index (χ0) is 16.2. The van der Waals surface area contributed by atoms with E-state index in [-0.39, 0.29) is 11.4 Å². The fourth-order valence-electron chi connectivity index (χ4n) is 1.77. The molecule has 1 aromatic carbocycles. The normalized spacial score (nSPS) is 15.0. The molecule has 2 rings (SSSR count). The fraction of sp³-hybridized carbons (Fsp3) is 0.0769. The van der Waals surface area contributed by atoms with Crippen molar-refractivity contribution in [3.05, 3.63) is 53.4 Å². The number of hydrogen-bond donors (Lipinski definition) is 5. The molecule has 0 radical (unpaired) electrons. The Morgan fingerprint density at radius 1 is 1.36 bits per heavy atom. The van der Waals surface area contributed by atoms with Crippen LogP contribution in [0.3, 0.4) is 0 Å². The number of hydrazone groups is 1. The molecule has 1 aliphatic heterocycles. The molecule has 0 fully saturated rings. The van der Waals surface area contributed by atoms with Crippen molar-refractivity contribution in [2.75, 3.05) is 6.54 Å². The summed E-state index contributed by atoms with van der Waals surface area (Å²) in [7, 11) is -4.30. The number of hydrogen-bond acceptors (Lipinski definition) is 5. The van der Waals surface area contributed by atoms with Gasteiger partial charge in [-0.25, -0.2) is 0 Å². The lowest BCUT2D eigenvalue weighted by Gasteiger charge is -2.12. The summed E-state index contributed by atoms with van der Waals surface area (Å²) in [6.45, 7) is 0.289. The number of allylic oxidation sites excluding steroid dienone is 2. The molecular weight excluding hydrogens is 308 g/mol. The zero-order valence-electron chi connectivity index (χ0n) is 11.4. The summed E-state index contributed by atoms with van der Waals surface area (Å²) in [5, 5.41) is 5.61. The van der Waals surface area contributed by atoms with Crippen molar-refractivity contribution in [3.63, 3.8) is 0 Å². The first kappa shape index (κ1) is 15.7.